The molecule has 6 nitrogen and oxygen atoms in total. The summed E-state index contributed by atoms with van der Waals surface area (Å²) in [4.78, 5) is 24.6. The fourth-order valence-electron chi connectivity index (χ4n) is 4.42. The predicted molar refractivity (Wildman–Crippen MR) is 115 cm³/mol. The number of fused-ring (bicyclic) bond motifs is 3. The van der Waals surface area contributed by atoms with Crippen molar-refractivity contribution >= 4 is 5.78 Å². The zero-order valence-electron chi connectivity index (χ0n) is 18.4. The normalized spacial score (nSPS) is 18.2. The highest BCUT2D eigenvalue weighted by molar-refractivity contribution is 5.94. The molecule has 0 amide bonds. The van der Waals surface area contributed by atoms with Crippen molar-refractivity contribution in [1.82, 2.24) is 4.57 Å². The Kier molecular flexibility index (Phi) is 5.64. The molecule has 0 bridgehead atoms. The lowest BCUT2D eigenvalue weighted by Crippen LogP contribution is -2.31. The Morgan fingerprint density at radius 3 is 2.58 bits per heavy atom. The second-order valence-electron chi connectivity index (χ2n) is 8.73. The fraction of sp³-hybridized carbons (Fsp3) is 0.500. The number of nitrogens with zero attached hydrogens (tertiary/aromatic N) is 1. The van der Waals surface area contributed by atoms with Crippen LogP contribution >= 0.6 is 0 Å². The van der Waals surface area contributed by atoms with Gasteiger partial charge in [0.25, 0.3) is 0 Å². The van der Waals surface area contributed by atoms with Gasteiger partial charge in [0.2, 0.25) is 5.43 Å². The number of Topliss-reactive ketones (excluding diaryl/α,β-unsaturated/α-hetero) is 1. The maximum absolute atomic E-state index is 15.4. The van der Waals surface area contributed by atoms with Crippen LogP contribution in [-0.2, 0) is 11.2 Å². The van der Waals surface area contributed by atoms with Crippen LogP contribution in [0, 0.1) is 11.2 Å². The van der Waals surface area contributed by atoms with E-state index in [2.05, 4.69) is 6.92 Å². The van der Waals surface area contributed by atoms with E-state index in [0.717, 1.165) is 24.8 Å². The topological polar surface area (TPSA) is 66.8 Å². The molecular formula is C24H28FNO5. The number of hydrogen-bond donors (Lipinski definition) is 0. The summed E-state index contributed by atoms with van der Waals surface area (Å²) in [5.74, 6) is -0.254. The first-order valence-electron chi connectivity index (χ1n) is 10.6. The van der Waals surface area contributed by atoms with Crippen molar-refractivity contribution in [2.24, 2.45) is 5.41 Å². The number of methoxy groups -OCH3 is 2. The highest BCUT2D eigenvalue weighted by Gasteiger charge is 2.48. The number of carbonyl (C=O) groups excluding carboxylic acids is 1. The lowest BCUT2D eigenvalue weighted by molar-refractivity contribution is 0.101. The van der Waals surface area contributed by atoms with E-state index in [1.165, 1.54) is 14.0 Å². The molecule has 0 N–H and O–H groups in total. The molecule has 4 rings (SSSR count). The van der Waals surface area contributed by atoms with E-state index in [1.54, 1.807) is 23.9 Å². The van der Waals surface area contributed by atoms with Gasteiger partial charge < -0.3 is 18.8 Å². The van der Waals surface area contributed by atoms with Crippen molar-refractivity contribution in [2.75, 3.05) is 27.4 Å². The van der Waals surface area contributed by atoms with Crippen molar-refractivity contribution < 1.29 is 23.4 Å². The Morgan fingerprint density at radius 1 is 1.23 bits per heavy atom. The number of pyridine rings is 1. The summed E-state index contributed by atoms with van der Waals surface area (Å²) in [6.45, 7) is 4.52. The van der Waals surface area contributed by atoms with Gasteiger partial charge in [0.1, 0.15) is 0 Å². The Hall–Kier alpha value is -2.67. The molecule has 1 fully saturated rings. The molecular weight excluding hydrogens is 401 g/mol. The number of aromatic nitrogens is 1. The van der Waals surface area contributed by atoms with Crippen LogP contribution in [0.25, 0.3) is 11.3 Å². The smallest absolute Gasteiger partial charge is 0.228 e. The van der Waals surface area contributed by atoms with E-state index in [4.69, 9.17) is 14.2 Å². The summed E-state index contributed by atoms with van der Waals surface area (Å²) in [5.41, 5.74) is 0.773. The maximum atomic E-state index is 15.4. The number of rotatable bonds is 8. The van der Waals surface area contributed by atoms with Crippen LogP contribution in [0.2, 0.25) is 0 Å². The van der Waals surface area contributed by atoms with Gasteiger partial charge in [-0.05, 0) is 49.3 Å². The van der Waals surface area contributed by atoms with Gasteiger partial charge in [0.05, 0.1) is 25.0 Å². The molecule has 1 atom stereocenters. The average molecular weight is 429 g/mol. The van der Waals surface area contributed by atoms with Gasteiger partial charge in [-0.2, -0.15) is 0 Å². The molecule has 1 aliphatic carbocycles. The first-order chi connectivity index (χ1) is 14.8. The number of ketones is 1. The lowest BCUT2D eigenvalue weighted by Gasteiger charge is -2.35. The minimum atomic E-state index is -0.890. The van der Waals surface area contributed by atoms with Crippen LogP contribution in [0.4, 0.5) is 4.39 Å². The highest BCUT2D eigenvalue weighted by atomic mass is 19.1. The first-order valence-corrected chi connectivity index (χ1v) is 10.6. The molecule has 31 heavy (non-hydrogen) atoms. The Balaban J connectivity index is 1.86. The Labute approximate surface area is 180 Å². The second-order valence-corrected chi connectivity index (χ2v) is 8.73. The first kappa shape index (κ1) is 21.6. The van der Waals surface area contributed by atoms with Crippen LogP contribution in [0.5, 0.6) is 11.5 Å². The van der Waals surface area contributed by atoms with Crippen LogP contribution in [-0.4, -0.2) is 37.8 Å². The Morgan fingerprint density at radius 2 is 1.97 bits per heavy atom. The number of ether oxygens (including phenoxy) is 3. The number of carbonyl (C=O) groups is 1. The van der Waals surface area contributed by atoms with Gasteiger partial charge in [-0.1, -0.05) is 6.92 Å². The summed E-state index contributed by atoms with van der Waals surface area (Å²) in [6.07, 6.45) is 4.98. The third-order valence-corrected chi connectivity index (χ3v) is 6.54. The second kappa shape index (κ2) is 8.11. The molecule has 2 aliphatic rings. The van der Waals surface area contributed by atoms with Crippen LogP contribution in [0.1, 0.15) is 55.1 Å². The fourth-order valence-corrected chi connectivity index (χ4v) is 4.42. The summed E-state index contributed by atoms with van der Waals surface area (Å²) < 4.78 is 33.7. The van der Waals surface area contributed by atoms with Crippen molar-refractivity contribution in [3.05, 3.63) is 45.5 Å². The molecule has 1 saturated carbocycles. The quantitative estimate of drug-likeness (QED) is 0.465. The minimum Gasteiger partial charge on any atom is -0.493 e. The standard InChI is InChI=1S/C24H28FNO5/c1-14(27)17-13-26-20(24(2)6-7-24)11-15-10-19(31-9-5-8-29-3)18(30-4)12-16(15)22(26)21(25)23(17)28/h10,12-13,20H,5-9,11H2,1-4H3. The van der Waals surface area contributed by atoms with Crippen molar-refractivity contribution in [1.29, 1.82) is 0 Å². The van der Waals surface area contributed by atoms with Crippen LogP contribution < -0.4 is 14.9 Å². The number of halogens is 1. The molecule has 166 valence electrons. The molecule has 1 unspecified atom stereocenters. The van der Waals surface area contributed by atoms with Crippen molar-refractivity contribution in [3.63, 3.8) is 0 Å². The monoisotopic (exact) mass is 429 g/mol. The third-order valence-electron chi connectivity index (χ3n) is 6.54. The van der Waals surface area contributed by atoms with Gasteiger partial charge in [-0.3, -0.25) is 9.59 Å². The molecule has 0 radical (unpaired) electrons. The molecule has 2 heterocycles. The molecule has 1 aromatic carbocycles. The molecule has 1 aromatic heterocycles. The molecule has 1 aliphatic heterocycles. The highest BCUT2D eigenvalue weighted by Crippen LogP contribution is 2.58. The van der Waals surface area contributed by atoms with E-state index in [1.807, 2.05) is 6.07 Å². The SMILES string of the molecule is COCCCOc1cc2c(cc1OC)-c1c(F)c(=O)c(C(C)=O)cn1C(C1(C)CC1)C2. The van der Waals surface area contributed by atoms with Gasteiger partial charge in [0, 0.05) is 37.9 Å². The molecule has 0 spiro atoms. The predicted octanol–water partition coefficient (Wildman–Crippen LogP) is 4.18. The summed E-state index contributed by atoms with van der Waals surface area (Å²) in [5, 5.41) is 0. The zero-order chi connectivity index (χ0) is 22.3. The molecule has 7 heteroatoms. The summed E-state index contributed by atoms with van der Waals surface area (Å²) >= 11 is 0. The largest absolute Gasteiger partial charge is 0.493 e. The zero-order valence-corrected chi connectivity index (χ0v) is 18.4. The van der Waals surface area contributed by atoms with Gasteiger partial charge >= 0.3 is 0 Å². The lowest BCUT2D eigenvalue weighted by atomic mass is 9.84. The van der Waals surface area contributed by atoms with Gasteiger partial charge in [-0.25, -0.2) is 4.39 Å². The molecule has 2 aromatic rings. The van der Waals surface area contributed by atoms with E-state index in [0.29, 0.717) is 36.7 Å². The van der Waals surface area contributed by atoms with E-state index in [-0.39, 0.29) is 22.7 Å². The summed E-state index contributed by atoms with van der Waals surface area (Å²) in [6, 6.07) is 3.58. The van der Waals surface area contributed by atoms with Gasteiger partial charge in [-0.15, -0.1) is 0 Å². The minimum absolute atomic E-state index is 0.00141. The van der Waals surface area contributed by atoms with Crippen molar-refractivity contribution in [3.8, 4) is 22.8 Å². The Bertz CT molecular complexity index is 1090. The van der Waals surface area contributed by atoms with Crippen molar-refractivity contribution in [2.45, 2.75) is 45.6 Å². The summed E-state index contributed by atoms with van der Waals surface area (Å²) in [7, 11) is 3.17. The number of benzene rings is 1. The third kappa shape index (κ3) is 3.76. The van der Waals surface area contributed by atoms with E-state index >= 15 is 4.39 Å². The maximum Gasteiger partial charge on any atom is 0.228 e. The van der Waals surface area contributed by atoms with Crippen LogP contribution in [0.15, 0.2) is 23.1 Å². The average Bonchev–Trinajstić information content (AvgIpc) is 3.50. The number of hydrogen-bond acceptors (Lipinski definition) is 5. The van der Waals surface area contributed by atoms with Gasteiger partial charge in [0.15, 0.2) is 23.1 Å². The van der Waals surface area contributed by atoms with E-state index in [9.17, 15) is 9.59 Å². The van der Waals surface area contributed by atoms with E-state index < -0.39 is 17.0 Å². The molecule has 0 saturated heterocycles. The van der Waals surface area contributed by atoms with Crippen LogP contribution in [0.3, 0.4) is 0 Å².